The van der Waals surface area contributed by atoms with E-state index >= 15 is 0 Å². The van der Waals surface area contributed by atoms with Gasteiger partial charge in [0.25, 0.3) is 0 Å². The second kappa shape index (κ2) is 12.4. The van der Waals surface area contributed by atoms with E-state index in [2.05, 4.69) is 16.0 Å². The van der Waals surface area contributed by atoms with Gasteiger partial charge in [-0.1, -0.05) is 42.3 Å². The number of benzene rings is 1. The summed E-state index contributed by atoms with van der Waals surface area (Å²) in [5.41, 5.74) is 1.77. The highest BCUT2D eigenvalue weighted by molar-refractivity contribution is 8.13. The summed E-state index contributed by atoms with van der Waals surface area (Å²) < 4.78 is 0. The third kappa shape index (κ3) is 8.57. The standard InChI is InChI=1S/C22H31N3O4S/c1-15-10-12-17(13-11-15)23-21(28)19(7-4-3-5-14-30-16(2)26)25-22(29)18-8-6-9-20(27)24-18/h10-13,18-19H,3-9,14H2,1-2H3,(H,23,28)(H,24,27)(H,25,29)/t18-,19-/m0/s1. The third-order valence-corrected chi connectivity index (χ3v) is 5.84. The van der Waals surface area contributed by atoms with Crippen molar-refractivity contribution in [1.29, 1.82) is 0 Å². The van der Waals surface area contributed by atoms with E-state index in [0.717, 1.165) is 30.6 Å². The van der Waals surface area contributed by atoms with E-state index < -0.39 is 12.1 Å². The number of unbranched alkanes of at least 4 members (excludes halogenated alkanes) is 2. The van der Waals surface area contributed by atoms with E-state index in [1.54, 1.807) is 6.92 Å². The molecule has 1 saturated heterocycles. The topological polar surface area (TPSA) is 104 Å². The Labute approximate surface area is 182 Å². The minimum Gasteiger partial charge on any atom is -0.344 e. The van der Waals surface area contributed by atoms with Crippen LogP contribution in [-0.2, 0) is 19.2 Å². The zero-order chi connectivity index (χ0) is 21.9. The van der Waals surface area contributed by atoms with Gasteiger partial charge in [-0.3, -0.25) is 19.2 Å². The van der Waals surface area contributed by atoms with Crippen molar-refractivity contribution in [1.82, 2.24) is 10.6 Å². The van der Waals surface area contributed by atoms with Gasteiger partial charge in [0.2, 0.25) is 17.7 Å². The molecule has 0 unspecified atom stereocenters. The fourth-order valence-corrected chi connectivity index (χ4v) is 3.89. The lowest BCUT2D eigenvalue weighted by molar-refractivity contribution is -0.132. The zero-order valence-corrected chi connectivity index (χ0v) is 18.5. The quantitative estimate of drug-likeness (QED) is 0.492. The number of carbonyl (C=O) groups excluding carboxylic acids is 4. The minimum atomic E-state index is -0.682. The molecule has 8 heteroatoms. The van der Waals surface area contributed by atoms with Crippen LogP contribution in [0.2, 0.25) is 0 Å². The molecule has 1 aliphatic rings. The van der Waals surface area contributed by atoms with Crippen LogP contribution < -0.4 is 16.0 Å². The molecule has 1 fully saturated rings. The molecular formula is C22H31N3O4S. The molecular weight excluding hydrogens is 402 g/mol. The average molecular weight is 434 g/mol. The highest BCUT2D eigenvalue weighted by atomic mass is 32.2. The van der Waals surface area contributed by atoms with Gasteiger partial charge in [-0.2, -0.15) is 0 Å². The number of hydrogen-bond acceptors (Lipinski definition) is 5. The molecule has 1 aromatic rings. The van der Waals surface area contributed by atoms with Crippen molar-refractivity contribution < 1.29 is 19.2 Å². The molecule has 2 rings (SSSR count). The number of thioether (sulfide) groups is 1. The van der Waals surface area contributed by atoms with E-state index in [1.807, 2.05) is 31.2 Å². The van der Waals surface area contributed by atoms with Crippen LogP contribution in [0.15, 0.2) is 24.3 Å². The first-order valence-corrected chi connectivity index (χ1v) is 11.4. The first kappa shape index (κ1) is 23.9. The van der Waals surface area contributed by atoms with E-state index in [0.29, 0.717) is 31.4 Å². The average Bonchev–Trinajstić information content (AvgIpc) is 2.71. The summed E-state index contributed by atoms with van der Waals surface area (Å²) in [4.78, 5) is 48.0. The molecule has 7 nitrogen and oxygen atoms in total. The smallest absolute Gasteiger partial charge is 0.246 e. The minimum absolute atomic E-state index is 0.104. The molecule has 3 N–H and O–H groups in total. The predicted molar refractivity (Wildman–Crippen MR) is 119 cm³/mol. The number of hydrogen-bond donors (Lipinski definition) is 3. The van der Waals surface area contributed by atoms with Gasteiger partial charge in [0, 0.05) is 24.8 Å². The first-order valence-electron chi connectivity index (χ1n) is 10.5. The summed E-state index contributed by atoms with van der Waals surface area (Å²) in [6, 6.07) is 6.20. The molecule has 0 radical (unpaired) electrons. The number of amides is 3. The third-order valence-electron chi connectivity index (χ3n) is 4.94. The van der Waals surface area contributed by atoms with E-state index in [1.165, 1.54) is 11.8 Å². The fourth-order valence-electron chi connectivity index (χ4n) is 3.25. The predicted octanol–water partition coefficient (Wildman–Crippen LogP) is 2.93. The molecule has 30 heavy (non-hydrogen) atoms. The highest BCUT2D eigenvalue weighted by Gasteiger charge is 2.28. The Bertz CT molecular complexity index is 751. The van der Waals surface area contributed by atoms with Crippen molar-refractivity contribution in [2.24, 2.45) is 0 Å². The van der Waals surface area contributed by atoms with Crippen LogP contribution in [0.4, 0.5) is 5.69 Å². The lowest BCUT2D eigenvalue weighted by Crippen LogP contribution is -2.53. The van der Waals surface area contributed by atoms with Gasteiger partial charge in [-0.05, 0) is 44.7 Å². The van der Waals surface area contributed by atoms with Crippen molar-refractivity contribution >= 4 is 40.3 Å². The first-order chi connectivity index (χ1) is 14.3. The van der Waals surface area contributed by atoms with Crippen LogP contribution in [0.1, 0.15) is 57.4 Å². The van der Waals surface area contributed by atoms with Crippen LogP contribution in [0.5, 0.6) is 0 Å². The van der Waals surface area contributed by atoms with E-state index in [4.69, 9.17) is 0 Å². The van der Waals surface area contributed by atoms with Crippen LogP contribution in [0, 0.1) is 6.92 Å². The number of piperidine rings is 1. The Kier molecular flexibility index (Phi) is 9.86. The van der Waals surface area contributed by atoms with Gasteiger partial charge < -0.3 is 16.0 Å². The van der Waals surface area contributed by atoms with Crippen molar-refractivity contribution in [3.63, 3.8) is 0 Å². The summed E-state index contributed by atoms with van der Waals surface area (Å²) in [6.45, 7) is 3.52. The molecule has 1 aromatic carbocycles. The molecule has 0 spiro atoms. The lowest BCUT2D eigenvalue weighted by Gasteiger charge is -2.25. The van der Waals surface area contributed by atoms with Crippen LogP contribution >= 0.6 is 11.8 Å². The maximum Gasteiger partial charge on any atom is 0.246 e. The van der Waals surface area contributed by atoms with E-state index in [9.17, 15) is 19.2 Å². The second-order valence-corrected chi connectivity index (χ2v) is 8.89. The Balaban J connectivity index is 1.92. The molecule has 0 aromatic heterocycles. The number of anilines is 1. The van der Waals surface area contributed by atoms with E-state index in [-0.39, 0.29) is 22.8 Å². The van der Waals surface area contributed by atoms with Crippen molar-refractivity contribution in [2.75, 3.05) is 11.1 Å². The second-order valence-electron chi connectivity index (χ2n) is 7.62. The molecule has 3 amide bonds. The fraction of sp³-hybridized carbons (Fsp3) is 0.545. The molecule has 0 bridgehead atoms. The summed E-state index contributed by atoms with van der Waals surface area (Å²) in [5.74, 6) is 0.0347. The maximum atomic E-state index is 12.8. The number of rotatable bonds is 10. The normalized spacial score (nSPS) is 17.0. The van der Waals surface area contributed by atoms with Gasteiger partial charge in [0.05, 0.1) is 0 Å². The lowest BCUT2D eigenvalue weighted by atomic mass is 10.0. The number of aryl methyl sites for hydroxylation is 1. The van der Waals surface area contributed by atoms with Crippen LogP contribution in [-0.4, -0.2) is 40.7 Å². The van der Waals surface area contributed by atoms with Crippen molar-refractivity contribution in [3.05, 3.63) is 29.8 Å². The molecule has 164 valence electrons. The zero-order valence-electron chi connectivity index (χ0n) is 17.7. The molecule has 1 heterocycles. The highest BCUT2D eigenvalue weighted by Crippen LogP contribution is 2.14. The largest absolute Gasteiger partial charge is 0.344 e. The summed E-state index contributed by atoms with van der Waals surface area (Å²) in [6.07, 6.45) is 4.66. The van der Waals surface area contributed by atoms with Crippen molar-refractivity contribution in [2.45, 2.75) is 70.9 Å². The number of carbonyl (C=O) groups is 4. The van der Waals surface area contributed by atoms with Gasteiger partial charge >= 0.3 is 0 Å². The molecule has 1 aliphatic heterocycles. The van der Waals surface area contributed by atoms with Gasteiger partial charge in [-0.25, -0.2) is 0 Å². The Morgan fingerprint density at radius 2 is 1.90 bits per heavy atom. The Morgan fingerprint density at radius 3 is 2.57 bits per heavy atom. The summed E-state index contributed by atoms with van der Waals surface area (Å²) in [5, 5.41) is 8.48. The van der Waals surface area contributed by atoms with Gasteiger partial charge in [-0.15, -0.1) is 0 Å². The summed E-state index contributed by atoms with van der Waals surface area (Å²) >= 11 is 1.30. The van der Waals surface area contributed by atoms with Crippen LogP contribution in [0.25, 0.3) is 0 Å². The number of nitrogens with one attached hydrogen (secondary N) is 3. The molecule has 2 atom stereocenters. The molecule has 0 saturated carbocycles. The Hall–Kier alpha value is -2.35. The van der Waals surface area contributed by atoms with Crippen molar-refractivity contribution in [3.8, 4) is 0 Å². The maximum absolute atomic E-state index is 12.8. The SMILES string of the molecule is CC(=O)SCCCCC[C@H](NC(=O)[C@@H]1CCCC(=O)N1)C(=O)Nc1ccc(C)cc1. The van der Waals surface area contributed by atoms with Gasteiger partial charge in [0.1, 0.15) is 12.1 Å². The van der Waals surface area contributed by atoms with Gasteiger partial charge in [0.15, 0.2) is 5.12 Å². The monoisotopic (exact) mass is 433 g/mol. The Morgan fingerprint density at radius 1 is 1.17 bits per heavy atom. The summed E-state index contributed by atoms with van der Waals surface area (Å²) in [7, 11) is 0. The van der Waals surface area contributed by atoms with Crippen LogP contribution in [0.3, 0.4) is 0 Å². The molecule has 0 aliphatic carbocycles.